The lowest BCUT2D eigenvalue weighted by molar-refractivity contribution is -0.135. The molecular formula is C18H20BrN3O2. The van der Waals surface area contributed by atoms with Crippen LogP contribution < -0.4 is 10.1 Å². The predicted molar refractivity (Wildman–Crippen MR) is 95.8 cm³/mol. The number of aromatic nitrogens is 1. The summed E-state index contributed by atoms with van der Waals surface area (Å²) < 4.78 is 6.65. The van der Waals surface area contributed by atoms with Gasteiger partial charge in [0.2, 0.25) is 5.91 Å². The van der Waals surface area contributed by atoms with Crippen LogP contribution in [-0.4, -0.2) is 42.0 Å². The summed E-state index contributed by atoms with van der Waals surface area (Å²) in [6.07, 6.45) is 3.94. The summed E-state index contributed by atoms with van der Waals surface area (Å²) >= 11 is 3.41. The maximum absolute atomic E-state index is 12.6. The van der Waals surface area contributed by atoms with E-state index in [0.29, 0.717) is 19.6 Å². The van der Waals surface area contributed by atoms with Crippen molar-refractivity contribution in [2.24, 2.45) is 0 Å². The third-order valence-corrected chi connectivity index (χ3v) is 4.51. The Labute approximate surface area is 150 Å². The number of piperazine rings is 1. The van der Waals surface area contributed by atoms with E-state index < -0.39 is 0 Å². The molecule has 1 aromatic heterocycles. The van der Waals surface area contributed by atoms with E-state index in [0.717, 1.165) is 28.9 Å². The summed E-state index contributed by atoms with van der Waals surface area (Å²) in [6.45, 7) is 2.65. The molecule has 1 aliphatic heterocycles. The molecule has 1 fully saturated rings. The fraction of sp³-hybridized carbons (Fsp3) is 0.333. The van der Waals surface area contributed by atoms with Gasteiger partial charge in [0.25, 0.3) is 0 Å². The largest absolute Gasteiger partial charge is 0.493 e. The molecule has 3 rings (SSSR count). The van der Waals surface area contributed by atoms with Crippen LogP contribution in [0, 0.1) is 0 Å². The molecule has 1 aliphatic rings. The van der Waals surface area contributed by atoms with Crippen LogP contribution in [-0.2, 0) is 4.79 Å². The number of benzene rings is 1. The minimum atomic E-state index is 0.0332. The van der Waals surface area contributed by atoms with Gasteiger partial charge in [-0.25, -0.2) is 0 Å². The molecule has 126 valence electrons. The smallest absolute Gasteiger partial charge is 0.226 e. The summed E-state index contributed by atoms with van der Waals surface area (Å²) in [7, 11) is 0. The normalized spacial score (nSPS) is 17.5. The highest BCUT2D eigenvalue weighted by molar-refractivity contribution is 9.10. The predicted octanol–water partition coefficient (Wildman–Crippen LogP) is 2.79. The van der Waals surface area contributed by atoms with Gasteiger partial charge in [0.1, 0.15) is 5.75 Å². The molecule has 1 N–H and O–H groups in total. The monoisotopic (exact) mass is 389 g/mol. The molecule has 24 heavy (non-hydrogen) atoms. The fourth-order valence-corrected chi connectivity index (χ4v) is 3.21. The number of hydrogen-bond acceptors (Lipinski definition) is 4. The molecule has 0 radical (unpaired) electrons. The summed E-state index contributed by atoms with van der Waals surface area (Å²) in [5.41, 5.74) is 1.06. The Hall–Kier alpha value is -1.92. The average Bonchev–Trinajstić information content (AvgIpc) is 2.62. The first-order valence-electron chi connectivity index (χ1n) is 8.02. The minimum Gasteiger partial charge on any atom is -0.493 e. The van der Waals surface area contributed by atoms with Crippen LogP contribution in [0.15, 0.2) is 53.3 Å². The quantitative estimate of drug-likeness (QED) is 0.853. The molecule has 1 saturated heterocycles. The zero-order valence-electron chi connectivity index (χ0n) is 13.3. The zero-order valence-corrected chi connectivity index (χ0v) is 14.9. The van der Waals surface area contributed by atoms with E-state index in [1.807, 2.05) is 47.5 Å². The van der Waals surface area contributed by atoms with E-state index in [1.165, 1.54) is 0 Å². The van der Waals surface area contributed by atoms with Crippen molar-refractivity contribution in [1.29, 1.82) is 0 Å². The molecule has 2 aromatic rings. The van der Waals surface area contributed by atoms with Crippen LogP contribution in [0.25, 0.3) is 0 Å². The number of nitrogens with zero attached hydrogens (tertiary/aromatic N) is 2. The second-order valence-electron chi connectivity index (χ2n) is 5.65. The lowest BCUT2D eigenvalue weighted by atomic mass is 10.0. The van der Waals surface area contributed by atoms with Gasteiger partial charge in [-0.2, -0.15) is 0 Å². The number of ether oxygens (including phenoxy) is 1. The second kappa shape index (κ2) is 8.26. The highest BCUT2D eigenvalue weighted by atomic mass is 79.9. The van der Waals surface area contributed by atoms with Crippen molar-refractivity contribution in [3.05, 3.63) is 58.8 Å². The summed E-state index contributed by atoms with van der Waals surface area (Å²) in [5, 5.41) is 3.35. The molecule has 0 saturated carbocycles. The standard InChI is InChI=1S/C18H20BrN3O2/c19-15-4-1-5-16(11-15)24-10-6-18(23)22-9-8-21-13-17(22)14-3-2-7-20-12-14/h1-5,7,11-12,17,21H,6,8-10,13H2. The van der Waals surface area contributed by atoms with Gasteiger partial charge < -0.3 is 15.0 Å². The SMILES string of the molecule is O=C(CCOc1cccc(Br)c1)N1CCNCC1c1cccnc1. The van der Waals surface area contributed by atoms with Crippen molar-refractivity contribution in [2.75, 3.05) is 26.2 Å². The summed E-state index contributed by atoms with van der Waals surface area (Å²) in [6, 6.07) is 11.6. The van der Waals surface area contributed by atoms with Crippen LogP contribution in [0.1, 0.15) is 18.0 Å². The molecule has 5 nitrogen and oxygen atoms in total. The molecule has 2 heterocycles. The number of carbonyl (C=O) groups excluding carboxylic acids is 1. The summed E-state index contributed by atoms with van der Waals surface area (Å²) in [5.74, 6) is 0.877. The summed E-state index contributed by atoms with van der Waals surface area (Å²) in [4.78, 5) is 18.7. The van der Waals surface area contributed by atoms with E-state index in [4.69, 9.17) is 4.74 Å². The average molecular weight is 390 g/mol. The van der Waals surface area contributed by atoms with E-state index in [9.17, 15) is 4.79 Å². The van der Waals surface area contributed by atoms with Crippen molar-refractivity contribution >= 4 is 21.8 Å². The highest BCUT2D eigenvalue weighted by Gasteiger charge is 2.27. The minimum absolute atomic E-state index is 0.0332. The molecule has 1 atom stereocenters. The first-order chi connectivity index (χ1) is 11.7. The molecule has 6 heteroatoms. The van der Waals surface area contributed by atoms with Crippen LogP contribution in [0.5, 0.6) is 5.75 Å². The molecular weight excluding hydrogens is 370 g/mol. The topological polar surface area (TPSA) is 54.5 Å². The van der Waals surface area contributed by atoms with Gasteiger partial charge in [-0.1, -0.05) is 28.1 Å². The van der Waals surface area contributed by atoms with Gasteiger partial charge in [-0.15, -0.1) is 0 Å². The molecule has 0 bridgehead atoms. The number of carbonyl (C=O) groups is 1. The number of pyridine rings is 1. The third-order valence-electron chi connectivity index (χ3n) is 4.01. The molecule has 0 spiro atoms. The Morgan fingerprint density at radius 2 is 2.29 bits per heavy atom. The van der Waals surface area contributed by atoms with Crippen molar-refractivity contribution in [1.82, 2.24) is 15.2 Å². The van der Waals surface area contributed by atoms with Gasteiger partial charge in [0, 0.05) is 36.5 Å². The maximum Gasteiger partial charge on any atom is 0.226 e. The van der Waals surface area contributed by atoms with Crippen molar-refractivity contribution in [3.63, 3.8) is 0 Å². The Kier molecular flexibility index (Phi) is 5.82. The Morgan fingerprint density at radius 1 is 1.38 bits per heavy atom. The number of nitrogens with one attached hydrogen (secondary N) is 1. The Morgan fingerprint density at radius 3 is 3.08 bits per heavy atom. The highest BCUT2D eigenvalue weighted by Crippen LogP contribution is 2.22. The molecule has 1 unspecified atom stereocenters. The van der Waals surface area contributed by atoms with E-state index in [2.05, 4.69) is 26.2 Å². The van der Waals surface area contributed by atoms with Crippen molar-refractivity contribution in [3.8, 4) is 5.75 Å². The van der Waals surface area contributed by atoms with Crippen LogP contribution in [0.4, 0.5) is 0 Å². The molecule has 0 aliphatic carbocycles. The van der Waals surface area contributed by atoms with Crippen LogP contribution >= 0.6 is 15.9 Å². The van der Waals surface area contributed by atoms with Crippen molar-refractivity contribution in [2.45, 2.75) is 12.5 Å². The fourth-order valence-electron chi connectivity index (χ4n) is 2.83. The molecule has 1 aromatic carbocycles. The number of rotatable bonds is 5. The van der Waals surface area contributed by atoms with Gasteiger partial charge >= 0.3 is 0 Å². The van der Waals surface area contributed by atoms with E-state index in [-0.39, 0.29) is 11.9 Å². The maximum atomic E-state index is 12.6. The molecule has 1 amide bonds. The van der Waals surface area contributed by atoms with Crippen LogP contribution in [0.2, 0.25) is 0 Å². The first kappa shape index (κ1) is 16.9. The van der Waals surface area contributed by atoms with E-state index >= 15 is 0 Å². The van der Waals surface area contributed by atoms with Crippen molar-refractivity contribution < 1.29 is 9.53 Å². The zero-order chi connectivity index (χ0) is 16.8. The number of amides is 1. The van der Waals surface area contributed by atoms with Gasteiger partial charge in [0.05, 0.1) is 19.1 Å². The van der Waals surface area contributed by atoms with E-state index in [1.54, 1.807) is 6.20 Å². The number of hydrogen-bond donors (Lipinski definition) is 1. The lowest BCUT2D eigenvalue weighted by Crippen LogP contribution is -2.49. The Bertz CT molecular complexity index is 681. The van der Waals surface area contributed by atoms with Gasteiger partial charge in [-0.05, 0) is 29.8 Å². The van der Waals surface area contributed by atoms with Crippen LogP contribution in [0.3, 0.4) is 0 Å². The third kappa shape index (κ3) is 4.33. The first-order valence-corrected chi connectivity index (χ1v) is 8.82. The van der Waals surface area contributed by atoms with Gasteiger partial charge in [0.15, 0.2) is 0 Å². The second-order valence-corrected chi connectivity index (χ2v) is 6.56. The number of halogens is 1. The lowest BCUT2D eigenvalue weighted by Gasteiger charge is -2.36. The Balaban J connectivity index is 1.58. The van der Waals surface area contributed by atoms with Gasteiger partial charge in [-0.3, -0.25) is 9.78 Å².